The first kappa shape index (κ1) is 30.6. The van der Waals surface area contributed by atoms with Crippen molar-refractivity contribution < 1.29 is 42.5 Å². The summed E-state index contributed by atoms with van der Waals surface area (Å²) in [5.74, 6) is -1.59. The largest absolute Gasteiger partial charge is 0.463 e. The van der Waals surface area contributed by atoms with Crippen LogP contribution in [-0.2, 0) is 23.4 Å². The quantitative estimate of drug-likeness (QED) is 0.185. The minimum atomic E-state index is -4.17. The van der Waals surface area contributed by atoms with Crippen LogP contribution in [0, 0.1) is 5.92 Å². The molecule has 14 nitrogen and oxygen atoms in total. The van der Waals surface area contributed by atoms with Crippen molar-refractivity contribution in [2.24, 2.45) is 5.92 Å². The molecule has 1 unspecified atom stereocenters. The Kier molecular flexibility index (Phi) is 8.85. The molecule has 3 aromatic rings. The number of halogens is 1. The van der Waals surface area contributed by atoms with Gasteiger partial charge in [-0.15, -0.1) is 0 Å². The lowest BCUT2D eigenvalue weighted by molar-refractivity contribution is -0.151. The Morgan fingerprint density at radius 3 is 2.61 bits per heavy atom. The smallest absolute Gasteiger partial charge is 0.380 e. The second kappa shape index (κ2) is 11.9. The van der Waals surface area contributed by atoms with Gasteiger partial charge in [-0.05, 0) is 32.9 Å². The molecule has 0 aliphatic carbocycles. The summed E-state index contributed by atoms with van der Waals surface area (Å²) < 4.78 is 52.1. The number of alkyl halides is 1. The van der Waals surface area contributed by atoms with E-state index in [2.05, 4.69) is 15.0 Å². The maximum absolute atomic E-state index is 14.4. The molecule has 1 aromatic carbocycles. The number of aromatic amines is 1. The minimum absolute atomic E-state index is 0.125. The topological polar surface area (TPSA) is 201 Å². The molecule has 0 bridgehead atoms. The number of anilines is 1. The van der Waals surface area contributed by atoms with Gasteiger partial charge in [-0.3, -0.25) is 23.7 Å². The first-order chi connectivity index (χ1) is 19.3. The zero-order valence-corrected chi connectivity index (χ0v) is 23.7. The summed E-state index contributed by atoms with van der Waals surface area (Å²) in [5, 5.41) is 22.2. The summed E-state index contributed by atoms with van der Waals surface area (Å²) in [6, 6.07) is 8.11. The number of carbonyl (C=O) groups excluding carboxylic acids is 1. The Hall–Kier alpha value is -3.36. The molecule has 1 aliphatic heterocycles. The van der Waals surface area contributed by atoms with Gasteiger partial charge in [-0.25, -0.2) is 13.9 Å². The normalized spacial score (nSPS) is 25.6. The van der Waals surface area contributed by atoms with Crippen LogP contribution in [0.25, 0.3) is 11.2 Å². The number of nitrogens with two attached hydrogens (primary N) is 1. The summed E-state index contributed by atoms with van der Waals surface area (Å²) >= 11 is 0. The average molecular weight is 598 g/mol. The van der Waals surface area contributed by atoms with Crippen LogP contribution in [0.5, 0.6) is 5.75 Å². The highest BCUT2D eigenvalue weighted by atomic mass is 31.2. The lowest BCUT2D eigenvalue weighted by atomic mass is 9.93. The summed E-state index contributed by atoms with van der Waals surface area (Å²) in [5.41, 5.74) is 2.14. The highest BCUT2D eigenvalue weighted by Crippen LogP contribution is 2.53. The van der Waals surface area contributed by atoms with Gasteiger partial charge in [0.15, 0.2) is 23.0 Å². The van der Waals surface area contributed by atoms with Gasteiger partial charge in [0.1, 0.15) is 24.6 Å². The van der Waals surface area contributed by atoms with Crippen LogP contribution < -0.4 is 15.8 Å². The van der Waals surface area contributed by atoms with E-state index < -0.39 is 74.1 Å². The second-order valence-corrected chi connectivity index (χ2v) is 12.2. The molecule has 5 N–H and O–H groups in total. The first-order valence-corrected chi connectivity index (χ1v) is 14.6. The molecule has 224 valence electrons. The standard InChI is InChI=1S/C25H33FN5O9P/c1-13(2)37-22(34)14(3)10-41(36,40-16-8-6-5-7-9-16)39-15(4)18-19(32)25(35,11-26)23(38-18)31-12-28-17-20(31)29-24(27)30-21(17)33/h5-9,12-15,18-19,23,32,35H,10-11H2,1-4H3,(H3,27,29,30,33)/t14-,15-,18-,19+,23-,25?,41-/m1/s1. The van der Waals surface area contributed by atoms with Crippen molar-refractivity contribution in [1.29, 1.82) is 0 Å². The molecule has 16 heteroatoms. The Balaban J connectivity index is 1.63. The van der Waals surface area contributed by atoms with Crippen molar-refractivity contribution >= 4 is 30.7 Å². The number of fused-ring (bicyclic) bond motifs is 1. The number of rotatable bonds is 11. The number of H-pyrrole nitrogens is 1. The number of ether oxygens (including phenoxy) is 2. The first-order valence-electron chi connectivity index (χ1n) is 12.8. The van der Waals surface area contributed by atoms with Gasteiger partial charge >= 0.3 is 13.6 Å². The van der Waals surface area contributed by atoms with Crippen molar-refractivity contribution in [2.75, 3.05) is 18.6 Å². The number of esters is 1. The highest BCUT2D eigenvalue weighted by molar-refractivity contribution is 7.54. The van der Waals surface area contributed by atoms with Crippen molar-refractivity contribution in [1.82, 2.24) is 19.5 Å². The zero-order valence-electron chi connectivity index (χ0n) is 22.8. The molecule has 2 aromatic heterocycles. The predicted molar refractivity (Wildman–Crippen MR) is 144 cm³/mol. The van der Waals surface area contributed by atoms with Gasteiger partial charge in [0.2, 0.25) is 5.95 Å². The SMILES string of the molecule is CC(C)OC(=O)[C@H](C)C[P@](=O)(Oc1ccccc1)O[C@H](C)[C@H]1O[C@@H](n2cnc3c(=O)[nH]c(N)nc32)C(O)(CF)[C@H]1O. The number of hydrogen-bond acceptors (Lipinski definition) is 12. The van der Waals surface area contributed by atoms with Crippen LogP contribution in [0.15, 0.2) is 41.5 Å². The number of aromatic nitrogens is 4. The molecule has 3 heterocycles. The number of carbonyl (C=O) groups is 1. The zero-order chi connectivity index (χ0) is 30.1. The summed E-state index contributed by atoms with van der Waals surface area (Å²) in [6.45, 7) is 4.77. The lowest BCUT2D eigenvalue weighted by Gasteiger charge is -2.30. The number of aliphatic hydroxyl groups is 2. The number of imidazole rings is 1. The number of nitrogen functional groups attached to an aromatic ring is 1. The molecule has 41 heavy (non-hydrogen) atoms. The summed E-state index contributed by atoms with van der Waals surface area (Å²) in [6.07, 6.45) is -5.98. The van der Waals surface area contributed by atoms with Gasteiger partial charge < -0.3 is 29.9 Å². The molecule has 0 radical (unpaired) electrons. The molecule has 0 amide bonds. The van der Waals surface area contributed by atoms with Crippen molar-refractivity contribution in [3.05, 3.63) is 47.0 Å². The van der Waals surface area contributed by atoms with E-state index in [1.54, 1.807) is 44.2 Å². The van der Waals surface area contributed by atoms with Crippen LogP contribution in [-0.4, -0.2) is 78.6 Å². The highest BCUT2D eigenvalue weighted by Gasteiger charge is 2.59. The Morgan fingerprint density at radius 1 is 1.29 bits per heavy atom. The fourth-order valence-corrected chi connectivity index (χ4v) is 6.61. The lowest BCUT2D eigenvalue weighted by Crippen LogP contribution is -2.50. The Labute approximate surface area is 234 Å². The number of benzene rings is 1. The third-order valence-corrected chi connectivity index (χ3v) is 8.62. The van der Waals surface area contributed by atoms with Crippen LogP contribution in [0.3, 0.4) is 0 Å². The number of para-hydroxylation sites is 1. The van der Waals surface area contributed by atoms with Gasteiger partial charge in [-0.1, -0.05) is 25.1 Å². The fraction of sp³-hybridized carbons (Fsp3) is 0.520. The number of aliphatic hydroxyl groups excluding tert-OH is 1. The van der Waals surface area contributed by atoms with Gasteiger partial charge in [-0.2, -0.15) is 4.98 Å². The van der Waals surface area contributed by atoms with Crippen LogP contribution in [0.4, 0.5) is 10.3 Å². The minimum Gasteiger partial charge on any atom is -0.463 e. The second-order valence-electron chi connectivity index (χ2n) is 10.2. The van der Waals surface area contributed by atoms with Crippen molar-refractivity contribution in [3.63, 3.8) is 0 Å². The van der Waals surface area contributed by atoms with Crippen LogP contribution in [0.2, 0.25) is 0 Å². The molecule has 0 spiro atoms. The fourth-order valence-electron chi connectivity index (χ4n) is 4.52. The maximum atomic E-state index is 14.4. The number of nitrogens with zero attached hydrogens (tertiary/aromatic N) is 3. The third-order valence-electron chi connectivity index (χ3n) is 6.48. The third kappa shape index (κ3) is 6.28. The number of hydrogen-bond donors (Lipinski definition) is 4. The van der Waals surface area contributed by atoms with Gasteiger partial charge in [0.25, 0.3) is 5.56 Å². The Bertz CT molecular complexity index is 1490. The summed E-state index contributed by atoms with van der Waals surface area (Å²) in [7, 11) is -4.17. The predicted octanol–water partition coefficient (Wildman–Crippen LogP) is 1.93. The van der Waals surface area contributed by atoms with E-state index in [0.717, 1.165) is 10.9 Å². The van der Waals surface area contributed by atoms with E-state index in [-0.39, 0.29) is 22.9 Å². The van der Waals surface area contributed by atoms with Crippen molar-refractivity contribution in [3.8, 4) is 5.75 Å². The van der Waals surface area contributed by atoms with E-state index in [4.69, 9.17) is 24.3 Å². The molecule has 1 fully saturated rings. The van der Waals surface area contributed by atoms with Gasteiger partial charge in [0.05, 0.1) is 30.6 Å². The van der Waals surface area contributed by atoms with E-state index in [1.165, 1.54) is 13.8 Å². The molecule has 7 atom stereocenters. The monoisotopic (exact) mass is 597 g/mol. The van der Waals surface area contributed by atoms with Crippen LogP contribution >= 0.6 is 7.60 Å². The van der Waals surface area contributed by atoms with E-state index >= 15 is 0 Å². The van der Waals surface area contributed by atoms with Crippen molar-refractivity contribution in [2.45, 2.75) is 63.9 Å². The van der Waals surface area contributed by atoms with Gasteiger partial charge in [0, 0.05) is 0 Å². The molecular weight excluding hydrogens is 564 g/mol. The summed E-state index contributed by atoms with van der Waals surface area (Å²) in [4.78, 5) is 34.9. The molecule has 4 rings (SSSR count). The van der Waals surface area contributed by atoms with E-state index in [0.29, 0.717) is 0 Å². The van der Waals surface area contributed by atoms with E-state index in [1.807, 2.05) is 0 Å². The Morgan fingerprint density at radius 2 is 1.98 bits per heavy atom. The molecular formula is C25H33FN5O9P. The van der Waals surface area contributed by atoms with Crippen LogP contribution in [0.1, 0.15) is 33.9 Å². The molecule has 1 saturated heterocycles. The molecule has 1 aliphatic rings. The average Bonchev–Trinajstić information content (AvgIpc) is 3.42. The maximum Gasteiger partial charge on any atom is 0.380 e. The number of nitrogens with one attached hydrogen (secondary N) is 1. The molecule has 0 saturated carbocycles. The van der Waals surface area contributed by atoms with E-state index in [9.17, 15) is 28.8 Å².